The smallest absolute Gasteiger partial charge is 0.337 e. The highest BCUT2D eigenvalue weighted by molar-refractivity contribution is 6.33. The van der Waals surface area contributed by atoms with Gasteiger partial charge in [0.25, 0.3) is 0 Å². The van der Waals surface area contributed by atoms with E-state index in [-0.39, 0.29) is 11.1 Å². The second-order valence-corrected chi connectivity index (χ2v) is 4.11. The van der Waals surface area contributed by atoms with E-state index in [0.29, 0.717) is 0 Å². The molecular formula is C11H10ClFO4. The normalized spacial score (nSPS) is 14.1. The summed E-state index contributed by atoms with van der Waals surface area (Å²) in [5.74, 6) is -2.94. The Morgan fingerprint density at radius 1 is 1.41 bits per heavy atom. The summed E-state index contributed by atoms with van der Waals surface area (Å²) < 4.78 is 13.3. The molecule has 0 saturated heterocycles. The molecule has 2 atom stereocenters. The van der Waals surface area contributed by atoms with Crippen LogP contribution in [0.4, 0.5) is 4.39 Å². The monoisotopic (exact) mass is 260 g/mol. The number of carbonyl (C=O) groups is 2. The van der Waals surface area contributed by atoms with Crippen LogP contribution in [-0.2, 0) is 4.79 Å². The Balaban J connectivity index is 3.19. The minimum absolute atomic E-state index is 0.0698. The molecule has 2 unspecified atom stereocenters. The maximum Gasteiger partial charge on any atom is 0.337 e. The fraction of sp³-hybridized carbons (Fsp3) is 0.273. The lowest BCUT2D eigenvalue weighted by Gasteiger charge is -2.09. The van der Waals surface area contributed by atoms with Gasteiger partial charge in [-0.05, 0) is 24.6 Å². The number of Topliss-reactive ketones (excluding diaryl/α,β-unsaturated/α-hetero) is 1. The minimum atomic E-state index is -1.80. The second-order valence-electron chi connectivity index (χ2n) is 3.46. The first kappa shape index (κ1) is 13.6. The van der Waals surface area contributed by atoms with E-state index in [2.05, 4.69) is 0 Å². The second kappa shape index (κ2) is 5.25. The number of aliphatic hydroxyl groups excluding tert-OH is 1. The van der Waals surface area contributed by atoms with Gasteiger partial charge in [0, 0.05) is 0 Å². The number of benzene rings is 1. The molecule has 6 heteroatoms. The van der Waals surface area contributed by atoms with Crippen LogP contribution in [0.25, 0.3) is 0 Å². The molecule has 1 aromatic rings. The number of carboxylic acids is 1. The van der Waals surface area contributed by atoms with Crippen molar-refractivity contribution in [2.24, 2.45) is 0 Å². The largest absolute Gasteiger partial charge is 0.479 e. The number of hydrogen-bond acceptors (Lipinski definition) is 3. The Kier molecular flexibility index (Phi) is 4.20. The number of rotatable bonds is 4. The lowest BCUT2D eigenvalue weighted by atomic mass is 10.0. The van der Waals surface area contributed by atoms with Gasteiger partial charge in [-0.25, -0.2) is 9.18 Å². The van der Waals surface area contributed by atoms with Crippen LogP contribution in [0.15, 0.2) is 18.2 Å². The van der Waals surface area contributed by atoms with Crippen LogP contribution in [0.2, 0.25) is 0 Å². The molecule has 0 spiro atoms. The van der Waals surface area contributed by atoms with Gasteiger partial charge in [0.1, 0.15) is 5.82 Å². The molecule has 0 amide bonds. The fourth-order valence-electron chi connectivity index (χ4n) is 1.26. The van der Waals surface area contributed by atoms with Crippen molar-refractivity contribution in [1.29, 1.82) is 0 Å². The number of aliphatic carboxylic acids is 1. The third-order valence-electron chi connectivity index (χ3n) is 2.17. The van der Waals surface area contributed by atoms with Crippen molar-refractivity contribution in [3.05, 3.63) is 35.1 Å². The molecule has 17 heavy (non-hydrogen) atoms. The number of halogens is 2. The zero-order valence-electron chi connectivity index (χ0n) is 8.85. The quantitative estimate of drug-likeness (QED) is 0.639. The molecule has 0 radical (unpaired) electrons. The van der Waals surface area contributed by atoms with E-state index >= 15 is 0 Å². The van der Waals surface area contributed by atoms with Crippen molar-refractivity contribution in [2.45, 2.75) is 18.4 Å². The van der Waals surface area contributed by atoms with Crippen LogP contribution in [0.3, 0.4) is 0 Å². The highest BCUT2D eigenvalue weighted by atomic mass is 35.5. The SMILES string of the molecule is CC(Cl)C(=O)c1cc(C(O)C(=O)O)ccc1F. The lowest BCUT2D eigenvalue weighted by molar-refractivity contribution is -0.146. The summed E-state index contributed by atoms with van der Waals surface area (Å²) in [6, 6.07) is 3.02. The molecule has 1 aromatic carbocycles. The predicted molar refractivity (Wildman–Crippen MR) is 58.6 cm³/mol. The first-order valence-electron chi connectivity index (χ1n) is 4.73. The van der Waals surface area contributed by atoms with E-state index < -0.39 is 29.1 Å². The van der Waals surface area contributed by atoms with Crippen LogP contribution in [0.1, 0.15) is 28.9 Å². The van der Waals surface area contributed by atoms with Crippen LogP contribution in [0, 0.1) is 5.82 Å². The van der Waals surface area contributed by atoms with Crippen molar-refractivity contribution in [3.63, 3.8) is 0 Å². The number of ketones is 1. The van der Waals surface area contributed by atoms with Crippen molar-refractivity contribution in [3.8, 4) is 0 Å². The van der Waals surface area contributed by atoms with Gasteiger partial charge in [-0.3, -0.25) is 4.79 Å². The Morgan fingerprint density at radius 2 is 2.00 bits per heavy atom. The highest BCUT2D eigenvalue weighted by Crippen LogP contribution is 2.19. The van der Waals surface area contributed by atoms with Crippen LogP contribution < -0.4 is 0 Å². The molecule has 0 aliphatic carbocycles. The summed E-state index contributed by atoms with van der Waals surface area (Å²) in [5, 5.41) is 16.9. The van der Waals surface area contributed by atoms with E-state index in [4.69, 9.17) is 16.7 Å². The number of alkyl halides is 1. The molecular weight excluding hydrogens is 251 g/mol. The third-order valence-corrected chi connectivity index (χ3v) is 2.37. The fourth-order valence-corrected chi connectivity index (χ4v) is 1.38. The zero-order chi connectivity index (χ0) is 13.2. The summed E-state index contributed by atoms with van der Waals surface area (Å²) in [5.41, 5.74) is -0.398. The molecule has 0 fully saturated rings. The van der Waals surface area contributed by atoms with Gasteiger partial charge in [0.2, 0.25) is 0 Å². The number of carbonyl (C=O) groups excluding carboxylic acids is 1. The van der Waals surface area contributed by atoms with Gasteiger partial charge < -0.3 is 10.2 Å². The molecule has 2 N–H and O–H groups in total. The highest BCUT2D eigenvalue weighted by Gasteiger charge is 2.21. The van der Waals surface area contributed by atoms with E-state index in [1.54, 1.807) is 0 Å². The Labute approximate surface area is 102 Å². The van der Waals surface area contributed by atoms with Crippen molar-refractivity contribution in [1.82, 2.24) is 0 Å². The van der Waals surface area contributed by atoms with Gasteiger partial charge >= 0.3 is 5.97 Å². The van der Waals surface area contributed by atoms with Gasteiger partial charge in [0.05, 0.1) is 10.9 Å². The molecule has 4 nitrogen and oxygen atoms in total. The maximum atomic E-state index is 13.3. The molecule has 0 aliphatic heterocycles. The molecule has 0 saturated carbocycles. The van der Waals surface area contributed by atoms with E-state index in [1.165, 1.54) is 6.92 Å². The standard InChI is InChI=1S/C11H10ClFO4/c1-5(12)9(14)7-4-6(2-3-8(7)13)10(15)11(16)17/h2-5,10,15H,1H3,(H,16,17). The number of carboxylic acid groups (broad SMARTS) is 1. The number of aliphatic hydroxyl groups is 1. The van der Waals surface area contributed by atoms with E-state index in [0.717, 1.165) is 18.2 Å². The lowest BCUT2D eigenvalue weighted by Crippen LogP contribution is -2.15. The van der Waals surface area contributed by atoms with Gasteiger partial charge in [0.15, 0.2) is 11.9 Å². The Bertz CT molecular complexity index is 459. The molecule has 0 bridgehead atoms. The Morgan fingerprint density at radius 3 is 2.47 bits per heavy atom. The molecule has 0 heterocycles. The first-order valence-corrected chi connectivity index (χ1v) is 5.17. The molecule has 0 aliphatic rings. The summed E-state index contributed by atoms with van der Waals surface area (Å²) in [6.45, 7) is 1.38. The van der Waals surface area contributed by atoms with Crippen molar-refractivity contribution >= 4 is 23.4 Å². The topological polar surface area (TPSA) is 74.6 Å². The zero-order valence-corrected chi connectivity index (χ0v) is 9.61. The van der Waals surface area contributed by atoms with E-state index in [1.807, 2.05) is 0 Å². The predicted octanol–water partition coefficient (Wildman–Crippen LogP) is 1.75. The molecule has 92 valence electrons. The maximum absolute atomic E-state index is 13.3. The number of hydrogen-bond donors (Lipinski definition) is 2. The summed E-state index contributed by atoms with van der Waals surface area (Å²) in [4.78, 5) is 22.1. The van der Waals surface area contributed by atoms with Gasteiger partial charge in [-0.1, -0.05) is 6.07 Å². The van der Waals surface area contributed by atoms with Crippen molar-refractivity contribution in [2.75, 3.05) is 0 Å². The van der Waals surface area contributed by atoms with Gasteiger partial charge in [-0.15, -0.1) is 11.6 Å². The van der Waals surface area contributed by atoms with Crippen LogP contribution in [0.5, 0.6) is 0 Å². The molecule has 1 rings (SSSR count). The van der Waals surface area contributed by atoms with Gasteiger partial charge in [-0.2, -0.15) is 0 Å². The summed E-state index contributed by atoms with van der Waals surface area (Å²) >= 11 is 5.53. The minimum Gasteiger partial charge on any atom is -0.479 e. The third kappa shape index (κ3) is 3.01. The van der Waals surface area contributed by atoms with Crippen LogP contribution in [-0.4, -0.2) is 27.3 Å². The average molecular weight is 261 g/mol. The molecule has 0 aromatic heterocycles. The first-order chi connectivity index (χ1) is 7.84. The van der Waals surface area contributed by atoms with E-state index in [9.17, 15) is 19.1 Å². The summed E-state index contributed by atoms with van der Waals surface area (Å²) in [7, 11) is 0. The Hall–Kier alpha value is -1.46. The van der Waals surface area contributed by atoms with Crippen LogP contribution >= 0.6 is 11.6 Å². The summed E-state index contributed by atoms with van der Waals surface area (Å²) in [6.07, 6.45) is -1.80. The van der Waals surface area contributed by atoms with Crippen molar-refractivity contribution < 1.29 is 24.2 Å². The average Bonchev–Trinajstić information content (AvgIpc) is 2.27.